The monoisotopic (exact) mass is 298 g/mol. The van der Waals surface area contributed by atoms with Crippen LogP contribution in [0.25, 0.3) is 0 Å². The molecule has 0 aliphatic rings. The Labute approximate surface area is 123 Å². The summed E-state index contributed by atoms with van der Waals surface area (Å²) >= 11 is 1.40. The molecule has 0 spiro atoms. The van der Waals surface area contributed by atoms with Crippen molar-refractivity contribution in [3.05, 3.63) is 21.4 Å². The Balaban J connectivity index is 2.57. The first-order valence-electron chi connectivity index (χ1n) is 6.53. The van der Waals surface area contributed by atoms with Crippen LogP contribution in [0.5, 0.6) is 0 Å². The maximum atomic E-state index is 11.6. The van der Waals surface area contributed by atoms with Crippen molar-refractivity contribution in [1.29, 1.82) is 0 Å². The highest BCUT2D eigenvalue weighted by Crippen LogP contribution is 2.22. The van der Waals surface area contributed by atoms with Crippen LogP contribution in [0.4, 0.5) is 0 Å². The van der Waals surface area contributed by atoms with Crippen molar-refractivity contribution in [3.8, 4) is 0 Å². The lowest BCUT2D eigenvalue weighted by molar-refractivity contribution is -0.122. The zero-order valence-electron chi connectivity index (χ0n) is 12.2. The molecule has 0 aliphatic heterocycles. The average molecular weight is 298 g/mol. The highest BCUT2D eigenvalue weighted by molar-refractivity contribution is 7.14. The van der Waals surface area contributed by atoms with Crippen molar-refractivity contribution in [2.45, 2.75) is 26.8 Å². The quantitative estimate of drug-likeness (QED) is 0.391. The third-order valence-electron chi connectivity index (χ3n) is 2.80. The number of carbonyl (C=O) groups excluding carboxylic acids is 2. The van der Waals surface area contributed by atoms with Crippen LogP contribution in [-0.2, 0) is 11.3 Å². The van der Waals surface area contributed by atoms with Gasteiger partial charge in [0.2, 0.25) is 5.91 Å². The van der Waals surface area contributed by atoms with Crippen LogP contribution in [0.3, 0.4) is 0 Å². The van der Waals surface area contributed by atoms with E-state index >= 15 is 0 Å². The Morgan fingerprint density at radius 1 is 1.45 bits per heavy atom. The molecule has 1 rings (SSSR count). The van der Waals surface area contributed by atoms with Gasteiger partial charge in [-0.15, -0.1) is 11.3 Å². The molecule has 20 heavy (non-hydrogen) atoms. The molecule has 0 atom stereocenters. The molecular formula is C13H22N4O2S. The first-order chi connectivity index (χ1) is 9.47. The van der Waals surface area contributed by atoms with E-state index in [0.717, 1.165) is 16.9 Å². The lowest BCUT2D eigenvalue weighted by Gasteiger charge is -2.16. The zero-order chi connectivity index (χ0) is 15.1. The SMILES string of the molecule is CCCNC(=O)CN(C)Cc1cc(C(=O)NN)sc1C. The molecule has 112 valence electrons. The van der Waals surface area contributed by atoms with Crippen LogP contribution in [-0.4, -0.2) is 36.9 Å². The number of aryl methyl sites for hydroxylation is 1. The molecule has 0 aromatic carbocycles. The molecular weight excluding hydrogens is 276 g/mol. The minimum atomic E-state index is -0.285. The van der Waals surface area contributed by atoms with Gasteiger partial charge in [-0.25, -0.2) is 5.84 Å². The Morgan fingerprint density at radius 2 is 2.15 bits per heavy atom. The molecule has 0 saturated heterocycles. The average Bonchev–Trinajstić information content (AvgIpc) is 2.76. The van der Waals surface area contributed by atoms with Crippen molar-refractivity contribution in [2.75, 3.05) is 20.1 Å². The predicted octanol–water partition coefficient (Wildman–Crippen LogP) is 0.618. The Bertz CT molecular complexity index is 473. The fourth-order valence-corrected chi connectivity index (χ4v) is 2.71. The van der Waals surface area contributed by atoms with Crippen LogP contribution < -0.4 is 16.6 Å². The van der Waals surface area contributed by atoms with Crippen molar-refractivity contribution in [1.82, 2.24) is 15.6 Å². The maximum absolute atomic E-state index is 11.6. The summed E-state index contributed by atoms with van der Waals surface area (Å²) in [6.07, 6.45) is 0.927. The number of likely N-dealkylation sites (N-methyl/N-ethyl adjacent to an activating group) is 1. The standard InChI is InChI=1S/C13H22N4O2S/c1-4-5-15-12(18)8-17(3)7-10-6-11(13(19)16-14)20-9(10)2/h6H,4-5,7-8,14H2,1-3H3,(H,15,18)(H,16,19). The summed E-state index contributed by atoms with van der Waals surface area (Å²) in [5.41, 5.74) is 3.17. The van der Waals surface area contributed by atoms with Gasteiger partial charge in [-0.1, -0.05) is 6.92 Å². The second kappa shape index (κ2) is 7.98. The molecule has 4 N–H and O–H groups in total. The minimum absolute atomic E-state index is 0.0159. The van der Waals surface area contributed by atoms with Gasteiger partial charge in [0, 0.05) is 18.0 Å². The van der Waals surface area contributed by atoms with Crippen molar-refractivity contribution in [3.63, 3.8) is 0 Å². The number of hydrogen-bond donors (Lipinski definition) is 3. The molecule has 6 nitrogen and oxygen atoms in total. The number of nitrogens with one attached hydrogen (secondary N) is 2. The fraction of sp³-hybridized carbons (Fsp3) is 0.538. The number of hydrazine groups is 1. The third kappa shape index (κ3) is 4.92. The van der Waals surface area contributed by atoms with Crippen molar-refractivity contribution in [2.24, 2.45) is 5.84 Å². The van der Waals surface area contributed by atoms with E-state index in [-0.39, 0.29) is 11.8 Å². The van der Waals surface area contributed by atoms with Gasteiger partial charge in [-0.2, -0.15) is 0 Å². The lowest BCUT2D eigenvalue weighted by atomic mass is 10.2. The van der Waals surface area contributed by atoms with Crippen LogP contribution in [0.1, 0.15) is 33.5 Å². The molecule has 0 aliphatic carbocycles. The summed E-state index contributed by atoms with van der Waals surface area (Å²) < 4.78 is 0. The summed E-state index contributed by atoms with van der Waals surface area (Å²) in [6.45, 7) is 5.64. The molecule has 7 heteroatoms. The fourth-order valence-electron chi connectivity index (χ4n) is 1.77. The Morgan fingerprint density at radius 3 is 2.75 bits per heavy atom. The molecule has 1 aromatic rings. The van der Waals surface area contributed by atoms with Crippen LogP contribution in [0.15, 0.2) is 6.07 Å². The van der Waals surface area contributed by atoms with Gasteiger partial charge in [0.25, 0.3) is 5.91 Å². The number of hydrogen-bond acceptors (Lipinski definition) is 5. The number of carbonyl (C=O) groups is 2. The van der Waals surface area contributed by atoms with E-state index in [2.05, 4.69) is 10.7 Å². The number of thiophene rings is 1. The normalized spacial score (nSPS) is 10.7. The van der Waals surface area contributed by atoms with Gasteiger partial charge in [-0.3, -0.25) is 19.9 Å². The molecule has 2 amide bonds. The predicted molar refractivity (Wildman–Crippen MR) is 80.3 cm³/mol. The van der Waals surface area contributed by atoms with Crippen LogP contribution in [0.2, 0.25) is 0 Å². The van der Waals surface area contributed by atoms with E-state index in [1.54, 1.807) is 0 Å². The van der Waals surface area contributed by atoms with Crippen LogP contribution >= 0.6 is 11.3 Å². The van der Waals surface area contributed by atoms with Crippen LogP contribution in [0, 0.1) is 6.92 Å². The van der Waals surface area contributed by atoms with E-state index in [0.29, 0.717) is 24.5 Å². The Kier molecular flexibility index (Phi) is 6.63. The van der Waals surface area contributed by atoms with E-state index in [9.17, 15) is 9.59 Å². The summed E-state index contributed by atoms with van der Waals surface area (Å²) in [5.74, 6) is 4.85. The summed E-state index contributed by atoms with van der Waals surface area (Å²) in [6, 6.07) is 1.82. The van der Waals surface area contributed by atoms with Gasteiger partial charge in [0.15, 0.2) is 0 Å². The smallest absolute Gasteiger partial charge is 0.275 e. The molecule has 1 aromatic heterocycles. The highest BCUT2D eigenvalue weighted by atomic mass is 32.1. The van der Waals surface area contributed by atoms with Gasteiger partial charge in [0.05, 0.1) is 11.4 Å². The minimum Gasteiger partial charge on any atom is -0.355 e. The highest BCUT2D eigenvalue weighted by Gasteiger charge is 2.13. The van der Waals surface area contributed by atoms with Gasteiger partial charge in [0.1, 0.15) is 0 Å². The number of nitrogen functional groups attached to an aromatic ring is 1. The van der Waals surface area contributed by atoms with Crippen molar-refractivity contribution < 1.29 is 9.59 Å². The number of nitrogens with zero attached hydrogens (tertiary/aromatic N) is 1. The summed E-state index contributed by atoms with van der Waals surface area (Å²) in [7, 11) is 1.88. The molecule has 0 radical (unpaired) electrons. The van der Waals surface area contributed by atoms with E-state index in [1.165, 1.54) is 11.3 Å². The third-order valence-corrected chi connectivity index (χ3v) is 3.89. The van der Waals surface area contributed by atoms with Crippen molar-refractivity contribution >= 4 is 23.2 Å². The number of nitrogens with two attached hydrogens (primary N) is 1. The molecule has 0 saturated carbocycles. The van der Waals surface area contributed by atoms with Gasteiger partial charge in [-0.05, 0) is 32.0 Å². The number of amides is 2. The molecule has 0 unspecified atom stereocenters. The summed E-state index contributed by atoms with van der Waals surface area (Å²) in [5, 5.41) is 2.84. The zero-order valence-corrected chi connectivity index (χ0v) is 13.0. The molecule has 0 fully saturated rings. The first kappa shape index (κ1) is 16.6. The maximum Gasteiger partial charge on any atom is 0.275 e. The second-order valence-corrected chi connectivity index (χ2v) is 5.94. The number of rotatable bonds is 7. The summed E-state index contributed by atoms with van der Waals surface area (Å²) in [4.78, 5) is 26.6. The first-order valence-corrected chi connectivity index (χ1v) is 7.35. The largest absolute Gasteiger partial charge is 0.355 e. The van der Waals surface area contributed by atoms with Gasteiger partial charge >= 0.3 is 0 Å². The molecule has 0 bridgehead atoms. The van der Waals surface area contributed by atoms with Gasteiger partial charge < -0.3 is 5.32 Å². The Hall–Kier alpha value is -1.44. The van der Waals surface area contributed by atoms with E-state index < -0.39 is 0 Å². The topological polar surface area (TPSA) is 87.5 Å². The molecule has 1 heterocycles. The lowest BCUT2D eigenvalue weighted by Crippen LogP contribution is -2.35. The second-order valence-electron chi connectivity index (χ2n) is 4.69. The van der Waals surface area contributed by atoms with E-state index in [1.807, 2.05) is 31.9 Å². The van der Waals surface area contributed by atoms with E-state index in [4.69, 9.17) is 5.84 Å².